The van der Waals surface area contributed by atoms with Crippen molar-refractivity contribution in [2.45, 2.75) is 37.8 Å². The van der Waals surface area contributed by atoms with Crippen LogP contribution in [0.15, 0.2) is 60.7 Å². The lowest BCUT2D eigenvalue weighted by molar-refractivity contribution is -0.936. The number of carbonyl (C=O) groups excluding carboxylic acids is 1. The second-order valence-corrected chi connectivity index (χ2v) is 13.5. The van der Waals surface area contributed by atoms with Gasteiger partial charge in [0.15, 0.2) is 34.5 Å². The number of aromatic hydroxyl groups is 1. The van der Waals surface area contributed by atoms with Crippen molar-refractivity contribution in [3.8, 4) is 46.0 Å². The number of ether oxygens (including phenoxy) is 5. The summed E-state index contributed by atoms with van der Waals surface area (Å²) >= 11 is 0. The summed E-state index contributed by atoms with van der Waals surface area (Å²) in [4.78, 5) is 14.4. The fourth-order valence-electron chi connectivity index (χ4n) is 7.82. The van der Waals surface area contributed by atoms with Crippen molar-refractivity contribution in [2.24, 2.45) is 0 Å². The molecule has 10 nitrogen and oxygen atoms in total. The quantitative estimate of drug-likeness (QED) is 0.290. The third-order valence-electron chi connectivity index (χ3n) is 10.5. The molecule has 4 aliphatic heterocycles. The third-order valence-corrected chi connectivity index (χ3v) is 10.5. The van der Waals surface area contributed by atoms with Gasteiger partial charge in [-0.2, -0.15) is 0 Å². The number of methoxy groups -OCH3 is 3. The summed E-state index contributed by atoms with van der Waals surface area (Å²) in [6.07, 6.45) is 2.57. The highest BCUT2D eigenvalue weighted by atomic mass is 16.5. The largest absolute Gasteiger partial charge is 0.544 e. The summed E-state index contributed by atoms with van der Waals surface area (Å²) in [5, 5.41) is 23.8. The number of rotatable bonds is 5. The number of phenols is 1. The summed E-state index contributed by atoms with van der Waals surface area (Å²) < 4.78 is 30.7. The smallest absolute Gasteiger partial charge is 0.201 e. The minimum absolute atomic E-state index is 0.0943. The van der Waals surface area contributed by atoms with Crippen molar-refractivity contribution < 1.29 is 43.2 Å². The maximum absolute atomic E-state index is 12.1. The van der Waals surface area contributed by atoms with Crippen LogP contribution in [0.25, 0.3) is 0 Å². The number of quaternary nitrogens is 1. The van der Waals surface area contributed by atoms with E-state index >= 15 is 0 Å². The topological polar surface area (TPSA) is 110 Å². The first kappa shape index (κ1) is 32.6. The maximum atomic E-state index is 12.1. The van der Waals surface area contributed by atoms with Gasteiger partial charge in [0.05, 0.1) is 40.9 Å². The molecule has 3 unspecified atom stereocenters. The lowest BCUT2D eigenvalue weighted by Gasteiger charge is -2.46. The number of hydrogen-bond donors (Lipinski definition) is 1. The van der Waals surface area contributed by atoms with Gasteiger partial charge < -0.3 is 43.2 Å². The molecule has 4 aromatic carbocycles. The molecule has 6 bridgehead atoms. The fourth-order valence-corrected chi connectivity index (χ4v) is 7.82. The van der Waals surface area contributed by atoms with E-state index in [0.29, 0.717) is 66.1 Å². The molecule has 49 heavy (non-hydrogen) atoms. The SMILES string of the molecule is COc1ccc2cc1Oc1ccc(cc1)CC1c3cc(c(OC)cc3CC[N+]1(C)CC(=O)[O-])Oc1c(O)c(OC)cc3c1C(C2)N(C)CC3. The number of benzene rings is 4. The van der Waals surface area contributed by atoms with E-state index in [2.05, 4.69) is 11.9 Å². The highest BCUT2D eigenvalue weighted by molar-refractivity contribution is 5.66. The minimum atomic E-state index is -1.10. The standard InChI is InChI=1S/C39H42N2O8/c1-40-14-12-26-20-35(47-5)38(44)39-37(26)29(40)16-24-8-11-31(45-3)33(18-24)48-27-9-6-23(7-10-27)17-30-28-21-34(49-39)32(46-4)19-25(28)13-15-41(30,2)22-36(42)43/h6-11,18-21,29-30H,12-17,22H2,1-5H3,(H-,42,43,44). The zero-order chi connectivity index (χ0) is 34.4. The maximum Gasteiger partial charge on any atom is 0.201 e. The molecule has 0 aromatic heterocycles. The number of fused-ring (bicyclic) bond motifs is 2. The molecule has 0 saturated carbocycles. The molecule has 10 heteroatoms. The van der Waals surface area contributed by atoms with Crippen LogP contribution >= 0.6 is 0 Å². The third kappa shape index (κ3) is 6.00. The molecule has 0 saturated heterocycles. The molecule has 8 rings (SSSR count). The Balaban J connectivity index is 1.47. The van der Waals surface area contributed by atoms with E-state index in [0.717, 1.165) is 46.3 Å². The number of hydrogen-bond acceptors (Lipinski definition) is 9. The summed E-state index contributed by atoms with van der Waals surface area (Å²) in [6, 6.07) is 19.3. The van der Waals surface area contributed by atoms with E-state index in [1.54, 1.807) is 14.2 Å². The zero-order valence-electron chi connectivity index (χ0n) is 28.6. The van der Waals surface area contributed by atoms with E-state index < -0.39 is 5.97 Å². The van der Waals surface area contributed by atoms with Gasteiger partial charge in [0.2, 0.25) is 5.75 Å². The first-order valence-corrected chi connectivity index (χ1v) is 16.6. The molecule has 0 radical (unpaired) electrons. The fraction of sp³-hybridized carbons (Fsp3) is 0.359. The van der Waals surface area contributed by atoms with Crippen LogP contribution in [0.4, 0.5) is 0 Å². The average molecular weight is 667 g/mol. The van der Waals surface area contributed by atoms with Crippen LogP contribution in [0.3, 0.4) is 0 Å². The number of carboxylic acid groups (broad SMARTS) is 1. The molecule has 4 aromatic rings. The second kappa shape index (κ2) is 12.8. The predicted molar refractivity (Wildman–Crippen MR) is 181 cm³/mol. The lowest BCUT2D eigenvalue weighted by Crippen LogP contribution is -2.56. The Bertz CT molecular complexity index is 1910. The lowest BCUT2D eigenvalue weighted by atomic mass is 9.86. The van der Waals surface area contributed by atoms with Crippen LogP contribution in [0, 0.1) is 0 Å². The number of carboxylic acids is 1. The van der Waals surface area contributed by atoms with Crippen LogP contribution < -0.4 is 28.8 Å². The highest BCUT2D eigenvalue weighted by Crippen LogP contribution is 2.52. The van der Waals surface area contributed by atoms with Gasteiger partial charge in [0, 0.05) is 36.6 Å². The van der Waals surface area contributed by atoms with Crippen molar-refractivity contribution >= 4 is 5.97 Å². The van der Waals surface area contributed by atoms with Gasteiger partial charge in [-0.3, -0.25) is 4.90 Å². The monoisotopic (exact) mass is 666 g/mol. The Morgan fingerprint density at radius 3 is 2.29 bits per heavy atom. The van der Waals surface area contributed by atoms with E-state index in [-0.39, 0.29) is 28.9 Å². The minimum Gasteiger partial charge on any atom is -0.544 e. The molecule has 4 aliphatic rings. The molecule has 4 heterocycles. The second-order valence-electron chi connectivity index (χ2n) is 13.5. The Labute approximate surface area is 286 Å². The van der Waals surface area contributed by atoms with Gasteiger partial charge >= 0.3 is 0 Å². The number of likely N-dealkylation sites (N-methyl/N-ethyl adjacent to an activating group) is 2. The van der Waals surface area contributed by atoms with Gasteiger partial charge in [0.25, 0.3) is 0 Å². The molecule has 256 valence electrons. The van der Waals surface area contributed by atoms with Crippen molar-refractivity contribution in [3.63, 3.8) is 0 Å². The summed E-state index contributed by atoms with van der Waals surface area (Å²) in [6.45, 7) is 1.28. The molecule has 3 atom stereocenters. The van der Waals surface area contributed by atoms with Gasteiger partial charge in [-0.05, 0) is 84.6 Å². The molecule has 0 fully saturated rings. The van der Waals surface area contributed by atoms with Crippen LogP contribution in [0.2, 0.25) is 0 Å². The number of phenolic OH excluding ortho intramolecular Hbond substituents is 1. The molecular formula is C39H42N2O8. The number of aliphatic carboxylic acids is 1. The predicted octanol–water partition coefficient (Wildman–Crippen LogP) is 5.12. The van der Waals surface area contributed by atoms with Crippen molar-refractivity contribution in [1.29, 1.82) is 0 Å². The van der Waals surface area contributed by atoms with Gasteiger partial charge in [0.1, 0.15) is 18.3 Å². The van der Waals surface area contributed by atoms with Gasteiger partial charge in [-0.1, -0.05) is 18.2 Å². The first-order valence-electron chi connectivity index (χ1n) is 16.6. The van der Waals surface area contributed by atoms with Crippen LogP contribution in [0.1, 0.15) is 45.5 Å². The van der Waals surface area contributed by atoms with E-state index in [4.69, 9.17) is 23.7 Å². The Morgan fingerprint density at radius 2 is 1.57 bits per heavy atom. The molecule has 0 spiro atoms. The van der Waals surface area contributed by atoms with E-state index in [9.17, 15) is 15.0 Å². The molecule has 1 N–H and O–H groups in total. The van der Waals surface area contributed by atoms with Crippen molar-refractivity contribution in [1.82, 2.24) is 4.90 Å². The number of nitrogens with zero attached hydrogens (tertiary/aromatic N) is 2. The van der Waals surface area contributed by atoms with E-state index in [1.807, 2.05) is 67.7 Å². The zero-order valence-corrected chi connectivity index (χ0v) is 28.6. The number of carbonyl (C=O) groups is 1. The summed E-state index contributed by atoms with van der Waals surface area (Å²) in [5.41, 5.74) is 5.99. The molecule has 0 aliphatic carbocycles. The van der Waals surface area contributed by atoms with Crippen LogP contribution in [0.5, 0.6) is 46.0 Å². The average Bonchev–Trinajstić information content (AvgIpc) is 3.08. The summed E-state index contributed by atoms with van der Waals surface area (Å²) in [5.74, 6) is 2.28. The van der Waals surface area contributed by atoms with Gasteiger partial charge in [-0.25, -0.2) is 0 Å². The Kier molecular flexibility index (Phi) is 8.54. The Hall–Kier alpha value is -4.93. The van der Waals surface area contributed by atoms with Crippen molar-refractivity contribution in [2.75, 3.05) is 55.1 Å². The van der Waals surface area contributed by atoms with Gasteiger partial charge in [-0.15, -0.1) is 0 Å². The van der Waals surface area contributed by atoms with Crippen LogP contribution in [-0.4, -0.2) is 75.5 Å². The van der Waals surface area contributed by atoms with E-state index in [1.165, 1.54) is 7.11 Å². The Morgan fingerprint density at radius 1 is 0.878 bits per heavy atom. The first-order chi connectivity index (χ1) is 23.6. The molecule has 0 amide bonds. The van der Waals surface area contributed by atoms with Crippen LogP contribution in [-0.2, 0) is 30.5 Å². The normalized spacial score (nSPS) is 21.3. The summed E-state index contributed by atoms with van der Waals surface area (Å²) in [7, 11) is 8.81. The highest BCUT2D eigenvalue weighted by Gasteiger charge is 2.41. The molecular weight excluding hydrogens is 624 g/mol. The van der Waals surface area contributed by atoms with Crippen molar-refractivity contribution in [3.05, 3.63) is 94.0 Å².